The molecule has 3 rings (SSSR count). The van der Waals surface area contributed by atoms with Gasteiger partial charge in [-0.1, -0.05) is 6.08 Å². The zero-order valence-corrected chi connectivity index (χ0v) is 8.22. The fourth-order valence-corrected chi connectivity index (χ4v) is 2.84. The molecule has 1 saturated carbocycles. The number of hydrogen-bond donors (Lipinski definition) is 3. The molecule has 2 aliphatic rings. The highest BCUT2D eigenvalue weighted by Crippen LogP contribution is 2.50. The standard InChI is InChI=1S/C11H13NO3/c13-10-5-9(11(14)12(10)15)8-4-6-1-2-7(8)3-6/h4-7,13-15H,1-3H2. The number of aromatic nitrogens is 1. The Balaban J connectivity index is 2.07. The first-order valence-electron chi connectivity index (χ1n) is 5.22. The van der Waals surface area contributed by atoms with Gasteiger partial charge in [-0.3, -0.25) is 0 Å². The second-order valence-corrected chi connectivity index (χ2v) is 4.44. The molecule has 80 valence electrons. The first kappa shape index (κ1) is 8.71. The number of fused-ring (bicyclic) bond motifs is 2. The molecule has 0 aromatic carbocycles. The van der Waals surface area contributed by atoms with Gasteiger partial charge < -0.3 is 15.4 Å². The van der Waals surface area contributed by atoms with Gasteiger partial charge in [0.05, 0.1) is 0 Å². The van der Waals surface area contributed by atoms with Crippen molar-refractivity contribution >= 4 is 5.57 Å². The molecule has 1 heterocycles. The lowest BCUT2D eigenvalue weighted by atomic mass is 9.94. The molecule has 0 saturated heterocycles. The van der Waals surface area contributed by atoms with Gasteiger partial charge in [-0.2, -0.15) is 0 Å². The maximum atomic E-state index is 9.62. The summed E-state index contributed by atoms with van der Waals surface area (Å²) in [5.74, 6) is 0.536. The monoisotopic (exact) mass is 207 g/mol. The van der Waals surface area contributed by atoms with Crippen molar-refractivity contribution in [1.82, 2.24) is 4.73 Å². The van der Waals surface area contributed by atoms with Crippen LogP contribution in [-0.4, -0.2) is 20.2 Å². The molecule has 1 aromatic rings. The summed E-state index contributed by atoms with van der Waals surface area (Å²) < 4.78 is 0.419. The number of aromatic hydroxyl groups is 2. The van der Waals surface area contributed by atoms with E-state index >= 15 is 0 Å². The van der Waals surface area contributed by atoms with E-state index < -0.39 is 0 Å². The number of rotatable bonds is 1. The van der Waals surface area contributed by atoms with Crippen LogP contribution in [0.5, 0.6) is 11.8 Å². The molecule has 15 heavy (non-hydrogen) atoms. The van der Waals surface area contributed by atoms with Gasteiger partial charge in [0.2, 0.25) is 11.8 Å². The first-order chi connectivity index (χ1) is 7.16. The Morgan fingerprint density at radius 1 is 1.27 bits per heavy atom. The van der Waals surface area contributed by atoms with Crippen molar-refractivity contribution < 1.29 is 15.4 Å². The van der Waals surface area contributed by atoms with Crippen molar-refractivity contribution in [2.45, 2.75) is 19.3 Å². The van der Waals surface area contributed by atoms with Gasteiger partial charge in [0.15, 0.2) is 0 Å². The summed E-state index contributed by atoms with van der Waals surface area (Å²) in [5, 5.41) is 28.1. The number of nitrogens with zero attached hydrogens (tertiary/aromatic N) is 1. The molecule has 2 bridgehead atoms. The lowest BCUT2D eigenvalue weighted by Crippen LogP contribution is -1.96. The largest absolute Gasteiger partial charge is 0.492 e. The molecule has 1 fully saturated rings. The van der Waals surface area contributed by atoms with E-state index in [-0.39, 0.29) is 11.8 Å². The molecule has 0 amide bonds. The lowest BCUT2D eigenvalue weighted by molar-refractivity contribution is 0.130. The summed E-state index contributed by atoms with van der Waals surface area (Å²) in [7, 11) is 0. The molecule has 1 aromatic heterocycles. The fraction of sp³-hybridized carbons (Fsp3) is 0.455. The average Bonchev–Trinajstić information content (AvgIpc) is 2.89. The minimum absolute atomic E-state index is 0.258. The quantitative estimate of drug-likeness (QED) is 0.616. The summed E-state index contributed by atoms with van der Waals surface area (Å²) in [4.78, 5) is 0. The van der Waals surface area contributed by atoms with Crippen LogP contribution in [-0.2, 0) is 0 Å². The van der Waals surface area contributed by atoms with Crippen LogP contribution >= 0.6 is 0 Å². The summed E-state index contributed by atoms with van der Waals surface area (Å²) in [6, 6.07) is 1.42. The van der Waals surface area contributed by atoms with Crippen LogP contribution in [0.2, 0.25) is 0 Å². The minimum atomic E-state index is -0.314. The smallest absolute Gasteiger partial charge is 0.236 e. The normalized spacial score (nSPS) is 28.4. The summed E-state index contributed by atoms with van der Waals surface area (Å²) in [6.07, 6.45) is 5.67. The van der Waals surface area contributed by atoms with E-state index in [2.05, 4.69) is 6.08 Å². The van der Waals surface area contributed by atoms with Crippen molar-refractivity contribution in [2.75, 3.05) is 0 Å². The Morgan fingerprint density at radius 3 is 2.53 bits per heavy atom. The second-order valence-electron chi connectivity index (χ2n) is 4.44. The molecule has 2 aliphatic carbocycles. The Kier molecular flexibility index (Phi) is 1.58. The van der Waals surface area contributed by atoms with E-state index in [1.165, 1.54) is 12.5 Å². The maximum absolute atomic E-state index is 9.62. The van der Waals surface area contributed by atoms with Gasteiger partial charge in [-0.25, -0.2) is 0 Å². The van der Waals surface area contributed by atoms with Crippen LogP contribution in [0.4, 0.5) is 0 Å². The van der Waals surface area contributed by atoms with E-state index in [0.29, 0.717) is 22.1 Å². The van der Waals surface area contributed by atoms with Gasteiger partial charge in [0, 0.05) is 11.6 Å². The molecule has 4 heteroatoms. The van der Waals surface area contributed by atoms with E-state index in [4.69, 9.17) is 0 Å². The zero-order chi connectivity index (χ0) is 10.6. The molecule has 0 aliphatic heterocycles. The number of hydrogen-bond acceptors (Lipinski definition) is 3. The summed E-state index contributed by atoms with van der Waals surface area (Å²) in [5.41, 5.74) is 1.65. The maximum Gasteiger partial charge on any atom is 0.236 e. The third-order valence-corrected chi connectivity index (χ3v) is 3.57. The Morgan fingerprint density at radius 2 is 2.07 bits per heavy atom. The predicted molar refractivity (Wildman–Crippen MR) is 53.8 cm³/mol. The van der Waals surface area contributed by atoms with E-state index in [9.17, 15) is 15.4 Å². The van der Waals surface area contributed by atoms with Gasteiger partial charge in [0.1, 0.15) is 0 Å². The van der Waals surface area contributed by atoms with Crippen LogP contribution in [0.15, 0.2) is 12.1 Å². The van der Waals surface area contributed by atoms with Gasteiger partial charge >= 0.3 is 0 Å². The SMILES string of the molecule is Oc1cc(C2=CC3CCC2C3)c(O)n1O. The Hall–Kier alpha value is -1.58. The molecular weight excluding hydrogens is 194 g/mol. The van der Waals surface area contributed by atoms with Crippen LogP contribution in [0.1, 0.15) is 24.8 Å². The average molecular weight is 207 g/mol. The van der Waals surface area contributed by atoms with Gasteiger partial charge in [0.25, 0.3) is 0 Å². The van der Waals surface area contributed by atoms with Crippen molar-refractivity contribution in [3.05, 3.63) is 17.7 Å². The third kappa shape index (κ3) is 1.07. The molecular formula is C11H13NO3. The van der Waals surface area contributed by atoms with Gasteiger partial charge in [-0.15, -0.1) is 4.73 Å². The highest BCUT2D eigenvalue weighted by atomic mass is 16.5. The second kappa shape index (κ2) is 2.72. The van der Waals surface area contributed by atoms with E-state index in [1.807, 2.05) is 0 Å². The first-order valence-corrected chi connectivity index (χ1v) is 5.22. The van der Waals surface area contributed by atoms with Crippen LogP contribution in [0.25, 0.3) is 5.57 Å². The van der Waals surface area contributed by atoms with Crippen molar-refractivity contribution in [2.24, 2.45) is 11.8 Å². The molecule has 4 nitrogen and oxygen atoms in total. The summed E-state index contributed by atoms with van der Waals surface area (Å²) in [6.45, 7) is 0. The van der Waals surface area contributed by atoms with Crippen molar-refractivity contribution in [3.63, 3.8) is 0 Å². The molecule has 2 unspecified atom stereocenters. The molecule has 0 spiro atoms. The Bertz CT molecular complexity index is 447. The lowest BCUT2D eigenvalue weighted by Gasteiger charge is -2.11. The van der Waals surface area contributed by atoms with Crippen molar-refractivity contribution in [3.8, 4) is 11.8 Å². The van der Waals surface area contributed by atoms with Crippen LogP contribution in [0, 0.1) is 11.8 Å². The topological polar surface area (TPSA) is 65.6 Å². The molecule has 3 N–H and O–H groups in total. The van der Waals surface area contributed by atoms with Gasteiger partial charge in [-0.05, 0) is 36.7 Å². The van der Waals surface area contributed by atoms with E-state index in [0.717, 1.165) is 18.4 Å². The highest BCUT2D eigenvalue weighted by Gasteiger charge is 2.35. The van der Waals surface area contributed by atoms with Crippen LogP contribution in [0.3, 0.4) is 0 Å². The predicted octanol–water partition coefficient (Wildman–Crippen LogP) is 1.95. The highest BCUT2D eigenvalue weighted by molar-refractivity contribution is 5.74. The van der Waals surface area contributed by atoms with Crippen LogP contribution < -0.4 is 0 Å². The third-order valence-electron chi connectivity index (χ3n) is 3.57. The summed E-state index contributed by atoms with van der Waals surface area (Å²) >= 11 is 0. The zero-order valence-electron chi connectivity index (χ0n) is 8.22. The molecule has 0 radical (unpaired) electrons. The van der Waals surface area contributed by atoms with E-state index in [1.54, 1.807) is 0 Å². The molecule has 2 atom stereocenters. The minimum Gasteiger partial charge on any atom is -0.492 e. The Labute approximate surface area is 87.0 Å². The number of allylic oxidation sites excluding steroid dienone is 2. The van der Waals surface area contributed by atoms with Crippen molar-refractivity contribution in [1.29, 1.82) is 0 Å². The fourth-order valence-electron chi connectivity index (χ4n) is 2.84.